The van der Waals surface area contributed by atoms with Crippen LogP contribution >= 0.6 is 15.9 Å². The maximum absolute atomic E-state index is 12.2. The maximum Gasteiger partial charge on any atom is 0.248 e. The van der Waals surface area contributed by atoms with E-state index in [4.69, 9.17) is 0 Å². The molecule has 2 rings (SSSR count). The fraction of sp³-hybridized carbons (Fsp3) is 0.211. The first kappa shape index (κ1) is 16.5. The number of carbonyl (C=O) groups excluding carboxylic acids is 1. The third-order valence-electron chi connectivity index (χ3n) is 3.47. The largest absolute Gasteiger partial charge is 0.322 e. The van der Waals surface area contributed by atoms with E-state index in [0.29, 0.717) is 5.92 Å². The molecule has 0 aromatic heterocycles. The molecule has 0 saturated carbocycles. The van der Waals surface area contributed by atoms with Crippen molar-refractivity contribution in [2.75, 3.05) is 5.32 Å². The summed E-state index contributed by atoms with van der Waals surface area (Å²) >= 11 is 3.40. The highest BCUT2D eigenvalue weighted by atomic mass is 79.9. The first-order chi connectivity index (χ1) is 10.5. The van der Waals surface area contributed by atoms with Gasteiger partial charge in [-0.1, -0.05) is 60.1 Å². The van der Waals surface area contributed by atoms with Gasteiger partial charge in [-0.15, -0.1) is 0 Å². The molecule has 1 N–H and O–H groups in total. The summed E-state index contributed by atoms with van der Waals surface area (Å²) in [6.07, 6.45) is 3.38. The lowest BCUT2D eigenvalue weighted by molar-refractivity contribution is -0.111. The molecule has 3 heteroatoms. The van der Waals surface area contributed by atoms with Crippen LogP contribution in [-0.2, 0) is 4.79 Å². The van der Waals surface area contributed by atoms with Crippen LogP contribution in [0.3, 0.4) is 0 Å². The van der Waals surface area contributed by atoms with Crippen LogP contribution in [0.5, 0.6) is 0 Å². The summed E-state index contributed by atoms with van der Waals surface area (Å²) in [6, 6.07) is 13.9. The van der Waals surface area contributed by atoms with Crippen molar-refractivity contribution in [2.24, 2.45) is 0 Å². The highest BCUT2D eigenvalue weighted by molar-refractivity contribution is 9.10. The fourth-order valence-corrected chi connectivity index (χ4v) is 2.52. The number of anilines is 1. The lowest BCUT2D eigenvalue weighted by Crippen LogP contribution is -2.11. The van der Waals surface area contributed by atoms with Crippen molar-refractivity contribution < 1.29 is 4.79 Å². The number of aryl methyl sites for hydroxylation is 1. The Bertz CT molecular complexity index is 687. The third kappa shape index (κ3) is 4.31. The van der Waals surface area contributed by atoms with Gasteiger partial charge in [-0.05, 0) is 47.7 Å². The molecule has 2 nitrogen and oxygen atoms in total. The lowest BCUT2D eigenvalue weighted by atomic mass is 9.98. The van der Waals surface area contributed by atoms with Crippen LogP contribution in [0, 0.1) is 6.92 Å². The minimum Gasteiger partial charge on any atom is -0.322 e. The molecule has 2 aromatic rings. The second-order valence-electron chi connectivity index (χ2n) is 5.57. The van der Waals surface area contributed by atoms with Gasteiger partial charge in [0.2, 0.25) is 5.91 Å². The number of para-hydroxylation sites is 1. The molecule has 22 heavy (non-hydrogen) atoms. The van der Waals surface area contributed by atoms with Crippen LogP contribution in [0.2, 0.25) is 0 Å². The predicted molar refractivity (Wildman–Crippen MR) is 97.1 cm³/mol. The fourth-order valence-electron chi connectivity index (χ4n) is 2.25. The predicted octanol–water partition coefficient (Wildman–Crippen LogP) is 5.53. The molecule has 0 saturated heterocycles. The van der Waals surface area contributed by atoms with Gasteiger partial charge in [-0.3, -0.25) is 4.79 Å². The third-order valence-corrected chi connectivity index (χ3v) is 4.00. The molecule has 0 atom stereocenters. The van der Waals surface area contributed by atoms with Gasteiger partial charge in [-0.25, -0.2) is 0 Å². The number of amides is 1. The number of nitrogens with one attached hydrogen (secondary N) is 1. The summed E-state index contributed by atoms with van der Waals surface area (Å²) in [6.45, 7) is 6.27. The topological polar surface area (TPSA) is 29.1 Å². The zero-order valence-corrected chi connectivity index (χ0v) is 14.6. The zero-order chi connectivity index (χ0) is 16.1. The van der Waals surface area contributed by atoms with Crippen molar-refractivity contribution in [3.63, 3.8) is 0 Å². The average Bonchev–Trinajstić information content (AvgIpc) is 2.48. The molecule has 0 bridgehead atoms. The van der Waals surface area contributed by atoms with Gasteiger partial charge < -0.3 is 5.32 Å². The number of hydrogen-bond acceptors (Lipinski definition) is 1. The van der Waals surface area contributed by atoms with Gasteiger partial charge in [-0.2, -0.15) is 0 Å². The molecule has 0 aliphatic carbocycles. The second-order valence-corrected chi connectivity index (χ2v) is 6.48. The summed E-state index contributed by atoms with van der Waals surface area (Å²) in [5.41, 5.74) is 4.15. The van der Waals surface area contributed by atoms with Gasteiger partial charge in [0.25, 0.3) is 0 Å². The van der Waals surface area contributed by atoms with Crippen molar-refractivity contribution in [3.05, 3.63) is 69.7 Å². The Kier molecular flexibility index (Phi) is 5.56. The summed E-state index contributed by atoms with van der Waals surface area (Å²) in [4.78, 5) is 12.2. The number of hydrogen-bond donors (Lipinski definition) is 1. The first-order valence-corrected chi connectivity index (χ1v) is 8.11. The van der Waals surface area contributed by atoms with Crippen LogP contribution in [0.1, 0.15) is 36.5 Å². The Morgan fingerprint density at radius 1 is 1.14 bits per heavy atom. The second kappa shape index (κ2) is 7.41. The Labute approximate surface area is 140 Å². The lowest BCUT2D eigenvalue weighted by Gasteiger charge is -2.15. The van der Waals surface area contributed by atoms with Crippen molar-refractivity contribution in [1.29, 1.82) is 0 Å². The van der Waals surface area contributed by atoms with Crippen LogP contribution in [-0.4, -0.2) is 5.91 Å². The number of benzene rings is 2. The Hall–Kier alpha value is -1.87. The molecule has 0 heterocycles. The van der Waals surface area contributed by atoms with Crippen molar-refractivity contribution in [3.8, 4) is 0 Å². The van der Waals surface area contributed by atoms with Crippen LogP contribution < -0.4 is 5.32 Å². The number of carbonyl (C=O) groups is 1. The molecule has 0 unspecified atom stereocenters. The average molecular weight is 358 g/mol. The first-order valence-electron chi connectivity index (χ1n) is 7.31. The van der Waals surface area contributed by atoms with E-state index in [9.17, 15) is 4.79 Å². The summed E-state index contributed by atoms with van der Waals surface area (Å²) in [5, 5.41) is 3.01. The van der Waals surface area contributed by atoms with Gasteiger partial charge in [0.05, 0.1) is 0 Å². The van der Waals surface area contributed by atoms with E-state index in [1.165, 1.54) is 0 Å². The Balaban J connectivity index is 2.14. The van der Waals surface area contributed by atoms with Gasteiger partial charge in [0.15, 0.2) is 0 Å². The molecule has 1 amide bonds. The van der Waals surface area contributed by atoms with E-state index < -0.39 is 0 Å². The highest BCUT2D eigenvalue weighted by Crippen LogP contribution is 2.27. The van der Waals surface area contributed by atoms with Crippen LogP contribution in [0.4, 0.5) is 5.69 Å². The molecule has 0 aliphatic heterocycles. The minimum absolute atomic E-state index is 0.112. The SMILES string of the molecule is Cc1cccc(C(C)C)c1NC(=O)C=Cc1ccc(Br)cc1. The standard InChI is InChI=1S/C19H20BrNO/c1-13(2)17-6-4-5-14(3)19(17)21-18(22)12-9-15-7-10-16(20)11-8-15/h4-13H,1-3H3,(H,21,22). The molecular formula is C19H20BrNO. The van der Waals surface area contributed by atoms with Gasteiger partial charge in [0.1, 0.15) is 0 Å². The van der Waals surface area contributed by atoms with E-state index in [-0.39, 0.29) is 5.91 Å². The van der Waals surface area contributed by atoms with E-state index in [1.807, 2.05) is 49.4 Å². The molecule has 0 aliphatic rings. The molecule has 2 aromatic carbocycles. The molecule has 0 radical (unpaired) electrons. The van der Waals surface area contributed by atoms with Crippen LogP contribution in [0.25, 0.3) is 6.08 Å². The van der Waals surface area contributed by atoms with Gasteiger partial charge in [0, 0.05) is 16.2 Å². The molecular weight excluding hydrogens is 338 g/mol. The maximum atomic E-state index is 12.2. The zero-order valence-electron chi connectivity index (χ0n) is 13.1. The number of rotatable bonds is 4. The van der Waals surface area contributed by atoms with Gasteiger partial charge >= 0.3 is 0 Å². The van der Waals surface area contributed by atoms with Crippen molar-refractivity contribution in [1.82, 2.24) is 0 Å². The quantitative estimate of drug-likeness (QED) is 0.715. The Morgan fingerprint density at radius 3 is 2.45 bits per heavy atom. The van der Waals surface area contributed by atoms with E-state index in [2.05, 4.69) is 41.2 Å². The summed E-state index contributed by atoms with van der Waals surface area (Å²) in [7, 11) is 0. The highest BCUT2D eigenvalue weighted by Gasteiger charge is 2.10. The normalized spacial score (nSPS) is 11.1. The minimum atomic E-state index is -0.112. The van der Waals surface area contributed by atoms with E-state index in [0.717, 1.165) is 26.9 Å². The van der Waals surface area contributed by atoms with Crippen LogP contribution in [0.15, 0.2) is 53.0 Å². The monoisotopic (exact) mass is 357 g/mol. The molecule has 0 spiro atoms. The Morgan fingerprint density at radius 2 is 1.82 bits per heavy atom. The smallest absolute Gasteiger partial charge is 0.248 e. The summed E-state index contributed by atoms with van der Waals surface area (Å²) < 4.78 is 1.02. The van der Waals surface area contributed by atoms with Crippen molar-refractivity contribution in [2.45, 2.75) is 26.7 Å². The number of halogens is 1. The van der Waals surface area contributed by atoms with Crippen molar-refractivity contribution >= 4 is 33.6 Å². The molecule has 0 fully saturated rings. The van der Waals surface area contributed by atoms with E-state index in [1.54, 1.807) is 6.08 Å². The molecule has 114 valence electrons. The summed E-state index contributed by atoms with van der Waals surface area (Å²) in [5.74, 6) is 0.254. The van der Waals surface area contributed by atoms with E-state index >= 15 is 0 Å².